The third-order valence-electron chi connectivity index (χ3n) is 4.48. The molecular formula is C21H19F3N4O2. The second-order valence-corrected chi connectivity index (χ2v) is 7.62. The number of alkyl halides is 3. The van der Waals surface area contributed by atoms with Crippen LogP contribution in [0, 0.1) is 18.3 Å². The molecule has 6 nitrogen and oxygen atoms in total. The monoisotopic (exact) mass is 416 g/mol. The lowest BCUT2D eigenvalue weighted by molar-refractivity contribution is -0.137. The van der Waals surface area contributed by atoms with Crippen LogP contribution in [0.2, 0.25) is 0 Å². The number of fused-ring (bicyclic) bond motifs is 1. The van der Waals surface area contributed by atoms with Crippen LogP contribution in [-0.2, 0) is 6.18 Å². The summed E-state index contributed by atoms with van der Waals surface area (Å²) in [6.07, 6.45) is -4.60. The molecule has 3 rings (SSSR count). The highest BCUT2D eigenvalue weighted by molar-refractivity contribution is 6.02. The molecule has 0 fully saturated rings. The van der Waals surface area contributed by atoms with Gasteiger partial charge in [0.2, 0.25) is 0 Å². The molecule has 0 spiro atoms. The molecule has 3 N–H and O–H groups in total. The molecule has 2 aromatic carbocycles. The standard InChI is InChI=1S/C21H19F3N4O2/c1-11-6-13(21(22,23)24)8-16(29)17(11)18-14-5-4-12(9-25)7-15(14)19(28-27-18)26-10-20(2,3)30/h4-8,29-30H,10H2,1-3H3,(H,26,28). The molecule has 1 heterocycles. The quantitative estimate of drug-likeness (QED) is 0.583. The summed E-state index contributed by atoms with van der Waals surface area (Å²) in [4.78, 5) is 0. The van der Waals surface area contributed by atoms with E-state index < -0.39 is 23.1 Å². The molecule has 0 saturated heterocycles. The van der Waals surface area contributed by atoms with Crippen molar-refractivity contribution in [1.29, 1.82) is 5.26 Å². The Bertz CT molecular complexity index is 1140. The summed E-state index contributed by atoms with van der Waals surface area (Å²) in [5.74, 6) is -0.267. The molecule has 0 saturated carbocycles. The van der Waals surface area contributed by atoms with Gasteiger partial charge in [-0.05, 0) is 50.6 Å². The molecule has 0 bridgehead atoms. The Balaban J connectivity index is 2.23. The smallest absolute Gasteiger partial charge is 0.416 e. The molecule has 0 aliphatic carbocycles. The summed E-state index contributed by atoms with van der Waals surface area (Å²) in [5, 5.41) is 41.7. The number of rotatable bonds is 4. The van der Waals surface area contributed by atoms with Gasteiger partial charge in [0.05, 0.1) is 22.8 Å². The zero-order valence-corrected chi connectivity index (χ0v) is 16.5. The average Bonchev–Trinajstić information content (AvgIpc) is 2.64. The van der Waals surface area contributed by atoms with Gasteiger partial charge in [-0.1, -0.05) is 6.07 Å². The molecule has 0 amide bonds. The molecule has 3 aromatic rings. The van der Waals surface area contributed by atoms with Crippen molar-refractivity contribution in [2.75, 3.05) is 11.9 Å². The highest BCUT2D eigenvalue weighted by atomic mass is 19.4. The van der Waals surface area contributed by atoms with Gasteiger partial charge in [-0.3, -0.25) is 0 Å². The van der Waals surface area contributed by atoms with E-state index in [4.69, 9.17) is 0 Å². The van der Waals surface area contributed by atoms with Crippen LogP contribution in [-0.4, -0.2) is 32.6 Å². The number of aliphatic hydroxyl groups is 1. The molecule has 9 heteroatoms. The summed E-state index contributed by atoms with van der Waals surface area (Å²) in [5.41, 5.74) is -1.16. The lowest BCUT2D eigenvalue weighted by atomic mass is 9.96. The predicted molar refractivity (Wildman–Crippen MR) is 106 cm³/mol. The first-order chi connectivity index (χ1) is 13.9. The normalized spacial score (nSPS) is 12.1. The zero-order chi connectivity index (χ0) is 22.3. The fourth-order valence-electron chi connectivity index (χ4n) is 3.08. The van der Waals surface area contributed by atoms with Gasteiger partial charge in [-0.25, -0.2) is 0 Å². The summed E-state index contributed by atoms with van der Waals surface area (Å²) in [6, 6.07) is 8.33. The first-order valence-corrected chi connectivity index (χ1v) is 8.98. The number of benzene rings is 2. The van der Waals surface area contributed by atoms with Gasteiger partial charge in [0.15, 0.2) is 5.82 Å². The highest BCUT2D eigenvalue weighted by Gasteiger charge is 2.32. The number of aromatic nitrogens is 2. The van der Waals surface area contributed by atoms with Crippen molar-refractivity contribution in [3.05, 3.63) is 47.0 Å². The summed E-state index contributed by atoms with van der Waals surface area (Å²) < 4.78 is 39.2. The molecule has 0 aliphatic rings. The number of hydrogen-bond donors (Lipinski definition) is 3. The number of nitriles is 1. The van der Waals surface area contributed by atoms with Crippen LogP contribution in [0.4, 0.5) is 19.0 Å². The predicted octanol–water partition coefficient (Wildman–Crippen LogP) is 4.38. The van der Waals surface area contributed by atoms with E-state index in [0.717, 1.165) is 6.07 Å². The van der Waals surface area contributed by atoms with E-state index in [1.54, 1.807) is 32.0 Å². The van der Waals surface area contributed by atoms with Gasteiger partial charge in [0, 0.05) is 22.9 Å². The maximum Gasteiger partial charge on any atom is 0.416 e. The average molecular weight is 416 g/mol. The minimum Gasteiger partial charge on any atom is -0.507 e. The van der Waals surface area contributed by atoms with E-state index in [9.17, 15) is 28.6 Å². The minimum absolute atomic E-state index is 0.124. The highest BCUT2D eigenvalue weighted by Crippen LogP contribution is 2.41. The fraction of sp³-hybridized carbons (Fsp3) is 0.286. The summed E-state index contributed by atoms with van der Waals surface area (Å²) in [6.45, 7) is 4.81. The first kappa shape index (κ1) is 21.3. The van der Waals surface area contributed by atoms with Crippen LogP contribution in [0.3, 0.4) is 0 Å². The van der Waals surface area contributed by atoms with Gasteiger partial charge in [0.25, 0.3) is 0 Å². The number of nitrogens with zero attached hydrogens (tertiary/aromatic N) is 3. The Hall–Kier alpha value is -3.38. The SMILES string of the molecule is Cc1cc(C(F)(F)F)cc(O)c1-c1nnc(NCC(C)(C)O)c2cc(C#N)ccc12. The van der Waals surface area contributed by atoms with Gasteiger partial charge < -0.3 is 15.5 Å². The molecule has 30 heavy (non-hydrogen) atoms. The number of halogens is 3. The maximum absolute atomic E-state index is 13.1. The molecule has 0 unspecified atom stereocenters. The lowest BCUT2D eigenvalue weighted by Gasteiger charge is -2.19. The number of hydrogen-bond acceptors (Lipinski definition) is 6. The Kier molecular flexibility index (Phi) is 5.31. The van der Waals surface area contributed by atoms with Gasteiger partial charge in [-0.15, -0.1) is 10.2 Å². The third-order valence-corrected chi connectivity index (χ3v) is 4.48. The van der Waals surface area contributed by atoms with E-state index in [-0.39, 0.29) is 23.4 Å². The van der Waals surface area contributed by atoms with Gasteiger partial charge >= 0.3 is 6.18 Å². The van der Waals surface area contributed by atoms with Crippen LogP contribution in [0.1, 0.15) is 30.5 Å². The number of nitrogens with one attached hydrogen (secondary N) is 1. The van der Waals surface area contributed by atoms with Crippen LogP contribution in [0.5, 0.6) is 5.75 Å². The Morgan fingerprint density at radius 3 is 2.37 bits per heavy atom. The van der Waals surface area contributed by atoms with Crippen molar-refractivity contribution < 1.29 is 23.4 Å². The van der Waals surface area contributed by atoms with Crippen molar-refractivity contribution in [3.63, 3.8) is 0 Å². The van der Waals surface area contributed by atoms with E-state index in [2.05, 4.69) is 15.5 Å². The number of anilines is 1. The molecule has 0 radical (unpaired) electrons. The van der Waals surface area contributed by atoms with Crippen LogP contribution < -0.4 is 5.32 Å². The molecule has 156 valence electrons. The van der Waals surface area contributed by atoms with Crippen molar-refractivity contribution in [2.24, 2.45) is 0 Å². The van der Waals surface area contributed by atoms with Crippen molar-refractivity contribution in [3.8, 4) is 23.1 Å². The molecular weight excluding hydrogens is 397 g/mol. The molecule has 0 aliphatic heterocycles. The van der Waals surface area contributed by atoms with Crippen molar-refractivity contribution in [2.45, 2.75) is 32.5 Å². The maximum atomic E-state index is 13.1. The third kappa shape index (κ3) is 4.28. The second-order valence-electron chi connectivity index (χ2n) is 7.62. The number of aryl methyl sites for hydroxylation is 1. The van der Waals surface area contributed by atoms with Gasteiger partial charge in [-0.2, -0.15) is 18.4 Å². The second kappa shape index (κ2) is 7.46. The number of phenolic OH excluding ortho intramolecular Hbond substituents is 1. The topological polar surface area (TPSA) is 102 Å². The molecule has 1 aromatic heterocycles. The van der Waals surface area contributed by atoms with Crippen LogP contribution >= 0.6 is 0 Å². The van der Waals surface area contributed by atoms with Crippen molar-refractivity contribution >= 4 is 16.6 Å². The summed E-state index contributed by atoms with van der Waals surface area (Å²) >= 11 is 0. The molecule has 0 atom stereocenters. The number of phenols is 1. The Morgan fingerprint density at radius 2 is 1.80 bits per heavy atom. The first-order valence-electron chi connectivity index (χ1n) is 8.98. The van der Waals surface area contributed by atoms with Crippen molar-refractivity contribution in [1.82, 2.24) is 10.2 Å². The van der Waals surface area contributed by atoms with E-state index in [1.807, 2.05) is 6.07 Å². The van der Waals surface area contributed by atoms with E-state index >= 15 is 0 Å². The van der Waals surface area contributed by atoms with Gasteiger partial charge in [0.1, 0.15) is 11.4 Å². The Labute approximate surface area is 170 Å². The van der Waals surface area contributed by atoms with E-state index in [0.29, 0.717) is 28.2 Å². The zero-order valence-electron chi connectivity index (χ0n) is 16.5. The fourth-order valence-corrected chi connectivity index (χ4v) is 3.08. The Morgan fingerprint density at radius 1 is 1.10 bits per heavy atom. The largest absolute Gasteiger partial charge is 0.507 e. The lowest BCUT2D eigenvalue weighted by Crippen LogP contribution is -2.29. The van der Waals surface area contributed by atoms with E-state index in [1.165, 1.54) is 6.92 Å². The number of aromatic hydroxyl groups is 1. The van der Waals surface area contributed by atoms with Crippen LogP contribution in [0.15, 0.2) is 30.3 Å². The minimum atomic E-state index is -4.60. The summed E-state index contributed by atoms with van der Waals surface area (Å²) in [7, 11) is 0. The van der Waals surface area contributed by atoms with Crippen LogP contribution in [0.25, 0.3) is 22.0 Å².